The van der Waals surface area contributed by atoms with Crippen molar-refractivity contribution in [3.63, 3.8) is 0 Å². The van der Waals surface area contributed by atoms with Gasteiger partial charge in [0.1, 0.15) is 0 Å². The zero-order chi connectivity index (χ0) is 8.55. The van der Waals surface area contributed by atoms with E-state index < -0.39 is 0 Å². The van der Waals surface area contributed by atoms with Crippen molar-refractivity contribution in [2.24, 2.45) is 5.73 Å². The van der Waals surface area contributed by atoms with Crippen molar-refractivity contribution in [2.75, 3.05) is 6.54 Å². The Kier molecular flexibility index (Phi) is 2.37. The molecular formula is C10H20N2. The van der Waals surface area contributed by atoms with Crippen LogP contribution < -0.4 is 5.73 Å². The van der Waals surface area contributed by atoms with Crippen LogP contribution in [-0.2, 0) is 0 Å². The van der Waals surface area contributed by atoms with Crippen LogP contribution in [0.15, 0.2) is 0 Å². The monoisotopic (exact) mass is 168 g/mol. The second kappa shape index (κ2) is 3.35. The minimum atomic E-state index is 0.460. The van der Waals surface area contributed by atoms with Gasteiger partial charge in [-0.3, -0.25) is 4.90 Å². The third-order valence-corrected chi connectivity index (χ3v) is 3.58. The van der Waals surface area contributed by atoms with Crippen LogP contribution in [0.3, 0.4) is 0 Å². The summed E-state index contributed by atoms with van der Waals surface area (Å²) in [6.07, 6.45) is 6.70. The molecule has 3 unspecified atom stereocenters. The molecule has 0 aromatic heterocycles. The molecule has 2 fully saturated rings. The summed E-state index contributed by atoms with van der Waals surface area (Å²) in [5, 5.41) is 0. The van der Waals surface area contributed by atoms with E-state index >= 15 is 0 Å². The Hall–Kier alpha value is -0.0800. The van der Waals surface area contributed by atoms with E-state index in [0.717, 1.165) is 6.04 Å². The topological polar surface area (TPSA) is 29.3 Å². The van der Waals surface area contributed by atoms with Crippen molar-refractivity contribution in [1.82, 2.24) is 4.90 Å². The summed E-state index contributed by atoms with van der Waals surface area (Å²) in [6, 6.07) is 1.98. The number of nitrogens with zero attached hydrogens (tertiary/aromatic N) is 1. The fourth-order valence-electron chi connectivity index (χ4n) is 2.58. The van der Waals surface area contributed by atoms with Gasteiger partial charge in [0.2, 0.25) is 0 Å². The van der Waals surface area contributed by atoms with E-state index in [0.29, 0.717) is 12.1 Å². The largest absolute Gasteiger partial charge is 0.326 e. The lowest BCUT2D eigenvalue weighted by atomic mass is 9.86. The highest BCUT2D eigenvalue weighted by Gasteiger charge is 2.34. The summed E-state index contributed by atoms with van der Waals surface area (Å²) in [5.74, 6) is 0. The summed E-state index contributed by atoms with van der Waals surface area (Å²) in [6.45, 7) is 3.62. The van der Waals surface area contributed by atoms with E-state index in [2.05, 4.69) is 11.8 Å². The van der Waals surface area contributed by atoms with Crippen molar-refractivity contribution in [3.05, 3.63) is 0 Å². The number of hydrogen-bond acceptors (Lipinski definition) is 2. The Morgan fingerprint density at radius 3 is 2.42 bits per heavy atom. The van der Waals surface area contributed by atoms with Crippen LogP contribution in [0.2, 0.25) is 0 Å². The zero-order valence-electron chi connectivity index (χ0n) is 8.00. The molecule has 0 bridgehead atoms. The first-order valence-electron chi connectivity index (χ1n) is 5.30. The maximum atomic E-state index is 6.11. The third kappa shape index (κ3) is 1.38. The van der Waals surface area contributed by atoms with Gasteiger partial charge < -0.3 is 5.73 Å². The SMILES string of the molecule is CC1CCN1C1CCCCC1N. The predicted octanol–water partition coefficient (Wildman–Crippen LogP) is 1.35. The van der Waals surface area contributed by atoms with Crippen LogP contribution in [0.5, 0.6) is 0 Å². The van der Waals surface area contributed by atoms with Crippen molar-refractivity contribution in [2.45, 2.75) is 57.2 Å². The molecule has 1 saturated heterocycles. The number of likely N-dealkylation sites (tertiary alicyclic amines) is 1. The Morgan fingerprint density at radius 2 is 1.92 bits per heavy atom. The first-order chi connectivity index (χ1) is 5.79. The Bertz CT molecular complexity index is 158. The molecule has 0 aromatic rings. The molecule has 1 saturated carbocycles. The van der Waals surface area contributed by atoms with Crippen LogP contribution in [0.1, 0.15) is 39.0 Å². The highest BCUT2D eigenvalue weighted by atomic mass is 15.2. The lowest BCUT2D eigenvalue weighted by Crippen LogP contribution is -2.58. The van der Waals surface area contributed by atoms with Gasteiger partial charge in [-0.15, -0.1) is 0 Å². The van der Waals surface area contributed by atoms with Gasteiger partial charge in [0.25, 0.3) is 0 Å². The predicted molar refractivity (Wildman–Crippen MR) is 51.0 cm³/mol. The van der Waals surface area contributed by atoms with E-state index in [1.165, 1.54) is 38.6 Å². The lowest BCUT2D eigenvalue weighted by Gasteiger charge is -2.48. The van der Waals surface area contributed by atoms with Gasteiger partial charge in [-0.2, -0.15) is 0 Å². The van der Waals surface area contributed by atoms with Gasteiger partial charge in [-0.05, 0) is 26.2 Å². The molecule has 2 nitrogen and oxygen atoms in total. The highest BCUT2D eigenvalue weighted by molar-refractivity contribution is 4.92. The van der Waals surface area contributed by atoms with Crippen LogP contribution in [0.4, 0.5) is 0 Å². The second-order valence-corrected chi connectivity index (χ2v) is 4.39. The Morgan fingerprint density at radius 1 is 1.17 bits per heavy atom. The Balaban J connectivity index is 1.92. The second-order valence-electron chi connectivity index (χ2n) is 4.39. The number of nitrogens with two attached hydrogens (primary N) is 1. The molecule has 0 radical (unpaired) electrons. The smallest absolute Gasteiger partial charge is 0.0250 e. The van der Waals surface area contributed by atoms with E-state index in [1.54, 1.807) is 0 Å². The molecule has 0 aromatic carbocycles. The molecule has 0 amide bonds. The summed E-state index contributed by atoms with van der Waals surface area (Å²) >= 11 is 0. The fourth-order valence-corrected chi connectivity index (χ4v) is 2.58. The summed E-state index contributed by atoms with van der Waals surface area (Å²) in [4.78, 5) is 2.60. The third-order valence-electron chi connectivity index (χ3n) is 3.58. The molecule has 2 N–H and O–H groups in total. The van der Waals surface area contributed by atoms with Crippen LogP contribution in [0.25, 0.3) is 0 Å². The number of hydrogen-bond donors (Lipinski definition) is 1. The van der Waals surface area contributed by atoms with E-state index in [1.807, 2.05) is 0 Å². The van der Waals surface area contributed by atoms with Crippen molar-refractivity contribution < 1.29 is 0 Å². The molecule has 2 aliphatic rings. The molecule has 3 atom stereocenters. The van der Waals surface area contributed by atoms with E-state index in [-0.39, 0.29) is 0 Å². The molecule has 1 aliphatic heterocycles. The van der Waals surface area contributed by atoms with Gasteiger partial charge in [-0.25, -0.2) is 0 Å². The van der Waals surface area contributed by atoms with Crippen LogP contribution in [0, 0.1) is 0 Å². The maximum Gasteiger partial charge on any atom is 0.0250 e. The summed E-state index contributed by atoms with van der Waals surface area (Å²) in [7, 11) is 0. The molecule has 2 rings (SSSR count). The van der Waals surface area contributed by atoms with Gasteiger partial charge in [0.05, 0.1) is 0 Å². The lowest BCUT2D eigenvalue weighted by molar-refractivity contribution is 0.0244. The van der Waals surface area contributed by atoms with Crippen molar-refractivity contribution >= 4 is 0 Å². The summed E-state index contributed by atoms with van der Waals surface area (Å²) in [5.41, 5.74) is 6.11. The van der Waals surface area contributed by atoms with E-state index in [4.69, 9.17) is 5.73 Å². The fraction of sp³-hybridized carbons (Fsp3) is 1.00. The molecule has 1 aliphatic carbocycles. The maximum absolute atomic E-state index is 6.11. The minimum Gasteiger partial charge on any atom is -0.326 e. The van der Waals surface area contributed by atoms with Crippen LogP contribution >= 0.6 is 0 Å². The quantitative estimate of drug-likeness (QED) is 0.640. The van der Waals surface area contributed by atoms with Gasteiger partial charge in [-0.1, -0.05) is 12.8 Å². The van der Waals surface area contributed by atoms with Gasteiger partial charge in [0.15, 0.2) is 0 Å². The van der Waals surface area contributed by atoms with Gasteiger partial charge >= 0.3 is 0 Å². The molecule has 1 heterocycles. The zero-order valence-corrected chi connectivity index (χ0v) is 8.00. The van der Waals surface area contributed by atoms with Gasteiger partial charge in [0, 0.05) is 24.7 Å². The number of rotatable bonds is 1. The molecular weight excluding hydrogens is 148 g/mol. The molecule has 70 valence electrons. The molecule has 2 heteroatoms. The summed E-state index contributed by atoms with van der Waals surface area (Å²) < 4.78 is 0. The Labute approximate surface area is 75.1 Å². The first kappa shape index (κ1) is 8.52. The van der Waals surface area contributed by atoms with Crippen molar-refractivity contribution in [3.8, 4) is 0 Å². The first-order valence-corrected chi connectivity index (χ1v) is 5.30. The average molecular weight is 168 g/mol. The highest BCUT2D eigenvalue weighted by Crippen LogP contribution is 2.28. The van der Waals surface area contributed by atoms with Crippen LogP contribution in [-0.4, -0.2) is 29.6 Å². The average Bonchev–Trinajstić information content (AvgIpc) is 2.06. The molecule has 12 heavy (non-hydrogen) atoms. The normalized spacial score (nSPS) is 44.0. The standard InChI is InChI=1S/C10H20N2/c1-8-6-7-12(8)10-5-3-2-4-9(10)11/h8-10H,2-7,11H2,1H3. The molecule has 0 spiro atoms. The minimum absolute atomic E-state index is 0.460. The van der Waals surface area contributed by atoms with E-state index in [9.17, 15) is 0 Å². The van der Waals surface area contributed by atoms with Crippen molar-refractivity contribution in [1.29, 1.82) is 0 Å².